The highest BCUT2D eigenvalue weighted by atomic mass is 32.2. The summed E-state index contributed by atoms with van der Waals surface area (Å²) < 4.78 is 6.37. The number of benzene rings is 2. The minimum absolute atomic E-state index is 0.122. The van der Waals surface area contributed by atoms with Crippen molar-refractivity contribution >= 4 is 35.1 Å². The minimum Gasteiger partial charge on any atom is -0.447 e. The molecule has 2 heterocycles. The average molecular weight is 439 g/mol. The topological polar surface area (TPSA) is 68.2 Å². The molecular formula is C22H22N4O2S2. The van der Waals surface area contributed by atoms with Crippen molar-refractivity contribution in [2.24, 2.45) is 0 Å². The molecule has 3 aromatic rings. The molecule has 0 N–H and O–H groups in total. The van der Waals surface area contributed by atoms with Gasteiger partial charge in [-0.1, -0.05) is 42.4 Å². The fourth-order valence-corrected chi connectivity index (χ4v) is 4.31. The van der Waals surface area contributed by atoms with Crippen molar-refractivity contribution in [1.29, 1.82) is 0 Å². The molecule has 0 spiro atoms. The summed E-state index contributed by atoms with van der Waals surface area (Å²) in [4.78, 5) is 20.2. The quantitative estimate of drug-likeness (QED) is 0.523. The number of carbonyl (C=O) groups excluding carboxylic acids is 1. The molecule has 6 nitrogen and oxygen atoms in total. The molecule has 30 heavy (non-hydrogen) atoms. The smallest absolute Gasteiger partial charge is 0.247 e. The molecule has 1 aliphatic heterocycles. The van der Waals surface area contributed by atoms with Gasteiger partial charge in [-0.25, -0.2) is 0 Å². The Morgan fingerprint density at radius 2 is 1.93 bits per heavy atom. The largest absolute Gasteiger partial charge is 0.447 e. The van der Waals surface area contributed by atoms with E-state index < -0.39 is 6.23 Å². The molecule has 2 aromatic carbocycles. The summed E-state index contributed by atoms with van der Waals surface area (Å²) in [6, 6.07) is 13.9. The summed E-state index contributed by atoms with van der Waals surface area (Å²) in [6.07, 6.45) is 1.38. The van der Waals surface area contributed by atoms with Crippen molar-refractivity contribution < 1.29 is 9.53 Å². The van der Waals surface area contributed by atoms with E-state index in [-0.39, 0.29) is 5.91 Å². The van der Waals surface area contributed by atoms with E-state index >= 15 is 0 Å². The van der Waals surface area contributed by atoms with Crippen LogP contribution in [0.2, 0.25) is 0 Å². The van der Waals surface area contributed by atoms with Crippen molar-refractivity contribution in [1.82, 2.24) is 15.2 Å². The van der Waals surface area contributed by atoms with Gasteiger partial charge in [0.05, 0.1) is 5.69 Å². The third-order valence-corrected chi connectivity index (χ3v) is 6.24. The number of amides is 1. The predicted molar refractivity (Wildman–Crippen MR) is 121 cm³/mol. The van der Waals surface area contributed by atoms with Crippen LogP contribution in [0.4, 0.5) is 5.69 Å². The number of rotatable bonds is 4. The highest BCUT2D eigenvalue weighted by Crippen LogP contribution is 2.43. The molecule has 154 valence electrons. The summed E-state index contributed by atoms with van der Waals surface area (Å²) >= 11 is 3.17. The number of aryl methyl sites for hydroxylation is 1. The van der Waals surface area contributed by atoms with Gasteiger partial charge in [0.2, 0.25) is 23.2 Å². The number of hydrogen-bond acceptors (Lipinski definition) is 7. The molecule has 0 saturated heterocycles. The maximum atomic E-state index is 12.8. The zero-order valence-corrected chi connectivity index (χ0v) is 18.9. The first-order chi connectivity index (χ1) is 14.5. The van der Waals surface area contributed by atoms with Crippen molar-refractivity contribution in [3.8, 4) is 17.1 Å². The van der Waals surface area contributed by atoms with E-state index in [1.54, 1.807) is 23.6 Å². The first-order valence-electron chi connectivity index (χ1n) is 9.60. The number of aromatic nitrogens is 3. The van der Waals surface area contributed by atoms with Crippen molar-refractivity contribution in [2.75, 3.05) is 16.9 Å². The zero-order valence-electron chi connectivity index (χ0n) is 17.2. The lowest BCUT2D eigenvalue weighted by Gasteiger charge is -2.30. The summed E-state index contributed by atoms with van der Waals surface area (Å²) in [5.41, 5.74) is 3.99. The predicted octanol–water partition coefficient (Wildman–Crippen LogP) is 5.13. The summed E-state index contributed by atoms with van der Waals surface area (Å²) in [5.74, 6) is 1.09. The van der Waals surface area contributed by atoms with Gasteiger partial charge in [-0.15, -0.1) is 22.0 Å². The van der Waals surface area contributed by atoms with E-state index in [0.717, 1.165) is 33.0 Å². The van der Waals surface area contributed by atoms with E-state index in [1.807, 2.05) is 62.6 Å². The average Bonchev–Trinajstić information content (AvgIpc) is 2.88. The molecule has 0 saturated carbocycles. The molecule has 1 aromatic heterocycles. The maximum Gasteiger partial charge on any atom is 0.247 e. The number of thioether (sulfide) groups is 2. The maximum absolute atomic E-state index is 12.8. The van der Waals surface area contributed by atoms with Gasteiger partial charge in [0.15, 0.2) is 5.69 Å². The van der Waals surface area contributed by atoms with Gasteiger partial charge in [0, 0.05) is 22.9 Å². The van der Waals surface area contributed by atoms with Gasteiger partial charge in [-0.2, -0.15) is 4.98 Å². The molecular weight excluding hydrogens is 416 g/mol. The van der Waals surface area contributed by atoms with Crippen LogP contribution in [-0.4, -0.2) is 33.1 Å². The number of carbonyl (C=O) groups is 1. The summed E-state index contributed by atoms with van der Waals surface area (Å²) in [5, 5.41) is 9.24. The summed E-state index contributed by atoms with van der Waals surface area (Å²) in [7, 11) is 0. The standard InChI is InChI=1S/C22H22N4O2S2/c1-5-30-22-23-20-19(24-25-22)17-12-13(2)6-11-18(17)26(14(3)27)21(28-20)15-7-9-16(29-4)10-8-15/h6-12,21H,5H2,1-4H3. The molecule has 0 fully saturated rings. The fraction of sp³-hybridized carbons (Fsp3) is 0.273. The molecule has 1 aliphatic rings. The fourth-order valence-electron chi connectivity index (χ4n) is 3.39. The van der Waals surface area contributed by atoms with E-state index in [1.165, 1.54) is 11.8 Å². The Bertz CT molecular complexity index is 1090. The van der Waals surface area contributed by atoms with Crippen molar-refractivity contribution in [3.05, 3.63) is 53.6 Å². The number of ether oxygens (including phenoxy) is 1. The Morgan fingerprint density at radius 3 is 2.60 bits per heavy atom. The monoisotopic (exact) mass is 438 g/mol. The van der Waals surface area contributed by atoms with Gasteiger partial charge < -0.3 is 4.74 Å². The molecule has 1 atom stereocenters. The van der Waals surface area contributed by atoms with Crippen LogP contribution in [0.1, 0.15) is 31.2 Å². The van der Waals surface area contributed by atoms with Gasteiger partial charge >= 0.3 is 0 Å². The Kier molecular flexibility index (Phi) is 5.97. The number of fused-ring (bicyclic) bond motifs is 3. The van der Waals surface area contributed by atoms with E-state index in [4.69, 9.17) is 4.74 Å². The lowest BCUT2D eigenvalue weighted by Crippen LogP contribution is -2.36. The molecule has 1 amide bonds. The van der Waals surface area contributed by atoms with E-state index in [2.05, 4.69) is 15.2 Å². The lowest BCUT2D eigenvalue weighted by atomic mass is 10.0. The lowest BCUT2D eigenvalue weighted by molar-refractivity contribution is -0.118. The van der Waals surface area contributed by atoms with Crippen LogP contribution >= 0.6 is 23.5 Å². The molecule has 4 rings (SSSR count). The Balaban J connectivity index is 1.93. The van der Waals surface area contributed by atoms with Crippen LogP contribution in [0, 0.1) is 6.92 Å². The Labute approximate surface area is 184 Å². The summed E-state index contributed by atoms with van der Waals surface area (Å²) in [6.45, 7) is 5.58. The third kappa shape index (κ3) is 3.89. The number of hydrogen-bond donors (Lipinski definition) is 0. The third-order valence-electron chi connectivity index (χ3n) is 4.77. The molecule has 0 bridgehead atoms. The molecule has 1 unspecified atom stereocenters. The van der Waals surface area contributed by atoms with Crippen LogP contribution in [0.5, 0.6) is 5.88 Å². The second-order valence-corrected chi connectivity index (χ2v) is 8.94. The zero-order chi connectivity index (χ0) is 21.3. The van der Waals surface area contributed by atoms with Gasteiger partial charge in [0.25, 0.3) is 0 Å². The van der Waals surface area contributed by atoms with Crippen LogP contribution in [0.3, 0.4) is 0 Å². The number of nitrogens with zero attached hydrogens (tertiary/aromatic N) is 4. The normalized spacial score (nSPS) is 15.1. The first kappa shape index (κ1) is 20.7. The van der Waals surface area contributed by atoms with Gasteiger partial charge in [-0.05, 0) is 43.2 Å². The van der Waals surface area contributed by atoms with Gasteiger partial charge in [0.1, 0.15) is 0 Å². The van der Waals surface area contributed by atoms with Crippen LogP contribution in [0.15, 0.2) is 52.5 Å². The molecule has 0 aliphatic carbocycles. The second-order valence-electron chi connectivity index (χ2n) is 6.83. The van der Waals surface area contributed by atoms with Crippen LogP contribution < -0.4 is 9.64 Å². The van der Waals surface area contributed by atoms with E-state index in [9.17, 15) is 4.79 Å². The molecule has 8 heteroatoms. The number of anilines is 1. The van der Waals surface area contributed by atoms with Crippen LogP contribution in [0.25, 0.3) is 11.3 Å². The van der Waals surface area contributed by atoms with E-state index in [0.29, 0.717) is 16.7 Å². The van der Waals surface area contributed by atoms with Gasteiger partial charge in [-0.3, -0.25) is 9.69 Å². The van der Waals surface area contributed by atoms with Crippen LogP contribution in [-0.2, 0) is 4.79 Å². The highest BCUT2D eigenvalue weighted by Gasteiger charge is 2.34. The second kappa shape index (κ2) is 8.65. The Hall–Kier alpha value is -2.58. The first-order valence-corrected chi connectivity index (χ1v) is 11.8. The molecule has 0 radical (unpaired) electrons. The van der Waals surface area contributed by atoms with Crippen molar-refractivity contribution in [3.63, 3.8) is 0 Å². The SMILES string of the molecule is CCSc1nnc2c(n1)OC(c1ccc(SC)cc1)N(C(C)=O)c1ccc(C)cc1-2. The minimum atomic E-state index is -0.655. The highest BCUT2D eigenvalue weighted by molar-refractivity contribution is 7.99. The Morgan fingerprint density at radius 1 is 1.17 bits per heavy atom. The van der Waals surface area contributed by atoms with Crippen molar-refractivity contribution in [2.45, 2.75) is 37.1 Å².